The number of ether oxygens (including phenoxy) is 1. The molecule has 0 amide bonds. The largest absolute Gasteiger partial charge is 0.463 e. The van der Waals surface area contributed by atoms with Crippen LogP contribution in [0.25, 0.3) is 11.8 Å². The van der Waals surface area contributed by atoms with Crippen molar-refractivity contribution in [1.29, 1.82) is 0 Å². The van der Waals surface area contributed by atoms with Crippen molar-refractivity contribution in [2.45, 2.75) is 65.0 Å². The molecule has 0 radical (unpaired) electrons. The molecular weight excluding hydrogens is 539 g/mol. The fourth-order valence-corrected chi connectivity index (χ4v) is 7.96. The summed E-state index contributed by atoms with van der Waals surface area (Å²) in [7, 11) is 0. The molecule has 6 rings (SSSR count). The third kappa shape index (κ3) is 4.73. The summed E-state index contributed by atoms with van der Waals surface area (Å²) < 4.78 is 10.3. The molecule has 1 fully saturated rings. The van der Waals surface area contributed by atoms with Gasteiger partial charge in [-0.3, -0.25) is 9.36 Å². The number of thiophene rings is 1. The Hall–Kier alpha value is -3.49. The second-order valence-electron chi connectivity index (χ2n) is 10.4. The van der Waals surface area contributed by atoms with E-state index in [1.54, 1.807) is 11.5 Å². The minimum Gasteiger partial charge on any atom is -0.463 e. The number of nitrogens with zero attached hydrogens (tertiary/aromatic N) is 3. The van der Waals surface area contributed by atoms with Gasteiger partial charge in [0.1, 0.15) is 6.04 Å². The van der Waals surface area contributed by atoms with E-state index in [2.05, 4.69) is 24.5 Å². The number of fused-ring (bicyclic) bond motifs is 1. The zero-order valence-corrected chi connectivity index (χ0v) is 24.7. The van der Waals surface area contributed by atoms with E-state index in [1.807, 2.05) is 53.9 Å². The summed E-state index contributed by atoms with van der Waals surface area (Å²) >= 11 is 2.90. The maximum Gasteiger partial charge on any atom is 0.338 e. The predicted octanol–water partition coefficient (Wildman–Crippen LogP) is 5.92. The Labute approximate surface area is 241 Å². The van der Waals surface area contributed by atoms with Crippen molar-refractivity contribution >= 4 is 40.4 Å². The number of esters is 1. The first-order chi connectivity index (χ1) is 19.5. The third-order valence-corrected chi connectivity index (χ3v) is 9.84. The van der Waals surface area contributed by atoms with E-state index in [-0.39, 0.29) is 12.2 Å². The maximum atomic E-state index is 14.1. The number of aromatic nitrogens is 2. The highest BCUT2D eigenvalue weighted by Crippen LogP contribution is 2.37. The highest BCUT2D eigenvalue weighted by atomic mass is 32.1. The Bertz CT molecular complexity index is 1750. The van der Waals surface area contributed by atoms with E-state index in [4.69, 9.17) is 9.73 Å². The summed E-state index contributed by atoms with van der Waals surface area (Å²) in [5, 5.41) is 1.97. The number of hydrogen-bond acceptors (Lipinski definition) is 6. The molecule has 4 aromatic rings. The van der Waals surface area contributed by atoms with Gasteiger partial charge in [-0.2, -0.15) is 0 Å². The summed E-state index contributed by atoms with van der Waals surface area (Å²) in [6, 6.07) is 15.7. The molecule has 1 aliphatic heterocycles. The quantitative estimate of drug-likeness (QED) is 0.270. The van der Waals surface area contributed by atoms with Gasteiger partial charge in [-0.25, -0.2) is 9.79 Å². The Morgan fingerprint density at radius 2 is 1.85 bits per heavy atom. The summed E-state index contributed by atoms with van der Waals surface area (Å²) in [6.07, 6.45) is 8.27. The van der Waals surface area contributed by atoms with Gasteiger partial charge < -0.3 is 9.30 Å². The van der Waals surface area contributed by atoms with Crippen molar-refractivity contribution in [1.82, 2.24) is 9.13 Å². The summed E-state index contributed by atoms with van der Waals surface area (Å²) in [4.78, 5) is 34.0. The third-order valence-electron chi connectivity index (χ3n) is 7.94. The molecule has 0 N–H and O–H groups in total. The lowest BCUT2D eigenvalue weighted by atomic mass is 9.95. The SMILES string of the molecule is CCOC(=O)C1=C(c2ccccc2)N=c2s/c(=C\c3cc(C)n(C4CCCCC4)c3C)c(=O)n2[C@@H]1c1cccs1. The standard InChI is InChI=1S/C32H33N3O3S2/c1-4-38-31(37)27-28(22-12-7-5-8-13-22)33-32-35(29(27)25-16-11-17-39-25)30(36)26(40-32)19-23-18-20(2)34(21(23)3)24-14-9-6-10-15-24/h5,7-8,11-13,16-19,24,29H,4,6,9-10,14-15H2,1-3H3/b26-19-/t29-/m1/s1. The summed E-state index contributed by atoms with van der Waals surface area (Å²) in [5.74, 6) is -0.450. The fourth-order valence-electron chi connectivity index (χ4n) is 6.15. The molecule has 4 heterocycles. The fraction of sp³-hybridized carbons (Fsp3) is 0.344. The highest BCUT2D eigenvalue weighted by molar-refractivity contribution is 7.10. The van der Waals surface area contributed by atoms with Gasteiger partial charge in [0.2, 0.25) is 0 Å². The minimum atomic E-state index is -0.609. The van der Waals surface area contributed by atoms with Gasteiger partial charge in [-0.15, -0.1) is 11.3 Å². The molecule has 3 aromatic heterocycles. The van der Waals surface area contributed by atoms with Crippen LogP contribution >= 0.6 is 22.7 Å². The lowest BCUT2D eigenvalue weighted by Gasteiger charge is -2.26. The van der Waals surface area contributed by atoms with Crippen LogP contribution < -0.4 is 14.9 Å². The van der Waals surface area contributed by atoms with Crippen LogP contribution in [0.5, 0.6) is 0 Å². The Balaban J connectivity index is 1.56. The Morgan fingerprint density at radius 1 is 1.07 bits per heavy atom. The number of carbonyl (C=O) groups excluding carboxylic acids is 1. The van der Waals surface area contributed by atoms with Gasteiger partial charge in [-0.05, 0) is 62.8 Å². The van der Waals surface area contributed by atoms with Crippen molar-refractivity contribution in [2.24, 2.45) is 4.99 Å². The molecule has 8 heteroatoms. The Morgan fingerprint density at radius 3 is 2.55 bits per heavy atom. The van der Waals surface area contributed by atoms with E-state index in [1.165, 1.54) is 66.2 Å². The van der Waals surface area contributed by atoms with Crippen LogP contribution in [0.2, 0.25) is 0 Å². The van der Waals surface area contributed by atoms with E-state index in [9.17, 15) is 9.59 Å². The smallest absolute Gasteiger partial charge is 0.338 e. The first-order valence-corrected chi connectivity index (χ1v) is 15.7. The molecule has 2 aliphatic rings. The van der Waals surface area contributed by atoms with Gasteiger partial charge in [0, 0.05) is 27.9 Å². The molecule has 0 spiro atoms. The Kier molecular flexibility index (Phi) is 7.47. The maximum absolute atomic E-state index is 14.1. The highest BCUT2D eigenvalue weighted by Gasteiger charge is 2.35. The molecule has 1 saturated carbocycles. The van der Waals surface area contributed by atoms with Gasteiger partial charge in [0.05, 0.1) is 22.4 Å². The average Bonchev–Trinajstić information content (AvgIpc) is 3.68. The van der Waals surface area contributed by atoms with Crippen molar-refractivity contribution in [3.8, 4) is 0 Å². The van der Waals surface area contributed by atoms with E-state index in [0.717, 1.165) is 16.0 Å². The van der Waals surface area contributed by atoms with Crippen LogP contribution in [0.4, 0.5) is 0 Å². The van der Waals surface area contributed by atoms with Crippen molar-refractivity contribution < 1.29 is 9.53 Å². The average molecular weight is 572 g/mol. The van der Waals surface area contributed by atoms with E-state index >= 15 is 0 Å². The van der Waals surface area contributed by atoms with Gasteiger partial charge in [0.25, 0.3) is 5.56 Å². The van der Waals surface area contributed by atoms with Gasteiger partial charge in [0.15, 0.2) is 4.80 Å². The summed E-state index contributed by atoms with van der Waals surface area (Å²) in [5.41, 5.74) is 5.12. The summed E-state index contributed by atoms with van der Waals surface area (Å²) in [6.45, 7) is 6.35. The molecule has 1 atom stereocenters. The topological polar surface area (TPSA) is 65.6 Å². The van der Waals surface area contributed by atoms with Gasteiger partial charge >= 0.3 is 5.97 Å². The van der Waals surface area contributed by atoms with Gasteiger partial charge in [-0.1, -0.05) is 67.0 Å². The van der Waals surface area contributed by atoms with Crippen molar-refractivity contribution in [3.05, 3.63) is 107 Å². The molecule has 0 bridgehead atoms. The zero-order chi connectivity index (χ0) is 27.8. The van der Waals surface area contributed by atoms with Crippen LogP contribution in [0, 0.1) is 13.8 Å². The van der Waals surface area contributed by atoms with Crippen LogP contribution in [0.1, 0.15) is 78.5 Å². The minimum absolute atomic E-state index is 0.140. The predicted molar refractivity (Wildman–Crippen MR) is 161 cm³/mol. The molecule has 0 unspecified atom stereocenters. The van der Waals surface area contributed by atoms with Crippen LogP contribution in [0.3, 0.4) is 0 Å². The molecule has 1 aromatic carbocycles. The van der Waals surface area contributed by atoms with Crippen LogP contribution in [-0.2, 0) is 9.53 Å². The second-order valence-corrected chi connectivity index (χ2v) is 12.4. The van der Waals surface area contributed by atoms with E-state index in [0.29, 0.717) is 26.6 Å². The molecule has 0 saturated heterocycles. The van der Waals surface area contributed by atoms with Crippen molar-refractivity contribution in [2.75, 3.05) is 6.61 Å². The van der Waals surface area contributed by atoms with Crippen molar-refractivity contribution in [3.63, 3.8) is 0 Å². The number of benzene rings is 1. The van der Waals surface area contributed by atoms with Crippen LogP contribution in [0.15, 0.2) is 69.3 Å². The molecule has 6 nitrogen and oxygen atoms in total. The van der Waals surface area contributed by atoms with Crippen LogP contribution in [-0.4, -0.2) is 21.7 Å². The zero-order valence-electron chi connectivity index (χ0n) is 23.1. The lowest BCUT2D eigenvalue weighted by Crippen LogP contribution is -2.39. The number of thiazole rings is 1. The molecule has 1 aliphatic carbocycles. The monoisotopic (exact) mass is 571 g/mol. The number of hydrogen-bond donors (Lipinski definition) is 0. The number of aryl methyl sites for hydroxylation is 1. The van der Waals surface area contributed by atoms with E-state index < -0.39 is 12.0 Å². The normalized spacial score (nSPS) is 18.1. The molecular formula is C32H33N3O3S2. The molecule has 40 heavy (non-hydrogen) atoms. The second kappa shape index (κ2) is 11.2. The number of rotatable bonds is 6. The lowest BCUT2D eigenvalue weighted by molar-refractivity contribution is -0.138. The first-order valence-electron chi connectivity index (χ1n) is 14.0. The molecule has 206 valence electrons. The first kappa shape index (κ1) is 26.7. The number of carbonyl (C=O) groups is 1.